The van der Waals surface area contributed by atoms with E-state index < -0.39 is 0 Å². The Balaban J connectivity index is 2.32. The molecule has 1 rings (SSSR count). The minimum absolute atomic E-state index is 0.154. The zero-order valence-electron chi connectivity index (χ0n) is 9.86. The smallest absolute Gasteiger partial charge is 0.218 e. The van der Waals surface area contributed by atoms with Crippen LogP contribution in [0.3, 0.4) is 0 Å². The minimum Gasteiger partial charge on any atom is -0.475 e. The van der Waals surface area contributed by atoms with Gasteiger partial charge in [-0.2, -0.15) is 0 Å². The number of hydrogen-bond acceptors (Lipinski definition) is 6. The Morgan fingerprint density at radius 2 is 2.06 bits per heavy atom. The summed E-state index contributed by atoms with van der Waals surface area (Å²) in [4.78, 5) is 7.80. The number of anilines is 1. The maximum atomic E-state index is 5.50. The summed E-state index contributed by atoms with van der Waals surface area (Å²) in [5.74, 6) is 6.20. The van der Waals surface area contributed by atoms with Crippen LogP contribution < -0.4 is 16.0 Å². The van der Waals surface area contributed by atoms with Crippen LogP contribution in [0.4, 0.5) is 5.82 Å². The summed E-state index contributed by atoms with van der Waals surface area (Å²) in [6.07, 6.45) is 1.38. The van der Waals surface area contributed by atoms with E-state index in [1.54, 1.807) is 6.07 Å². The number of nitrogens with one attached hydrogen (secondary N) is 1. The lowest BCUT2D eigenvalue weighted by Gasteiger charge is -2.19. The summed E-state index contributed by atoms with van der Waals surface area (Å²) in [6, 6.07) is 1.62. The normalized spacial score (nSPS) is 11.2. The van der Waals surface area contributed by atoms with Crippen molar-refractivity contribution in [1.29, 1.82) is 0 Å². The van der Waals surface area contributed by atoms with Gasteiger partial charge in [-0.3, -0.25) is 0 Å². The van der Waals surface area contributed by atoms with Crippen LogP contribution in [0.5, 0.6) is 5.88 Å². The third-order valence-electron chi connectivity index (χ3n) is 1.66. The van der Waals surface area contributed by atoms with Crippen molar-refractivity contribution in [3.8, 4) is 5.88 Å². The molecule has 0 aromatic carbocycles. The van der Waals surface area contributed by atoms with Crippen LogP contribution in [0.2, 0.25) is 0 Å². The second-order valence-electron chi connectivity index (χ2n) is 4.20. The monoisotopic (exact) mass is 226 g/mol. The molecule has 0 bridgehead atoms. The molecular formula is C10H18N4O2. The highest BCUT2D eigenvalue weighted by Crippen LogP contribution is 2.10. The van der Waals surface area contributed by atoms with Crippen molar-refractivity contribution >= 4 is 5.82 Å². The van der Waals surface area contributed by atoms with E-state index in [1.165, 1.54) is 6.33 Å². The van der Waals surface area contributed by atoms with Gasteiger partial charge in [-0.15, -0.1) is 0 Å². The average Bonchev–Trinajstić information content (AvgIpc) is 2.23. The summed E-state index contributed by atoms with van der Waals surface area (Å²) in [5, 5.41) is 0. The molecule has 0 atom stereocenters. The van der Waals surface area contributed by atoms with E-state index in [9.17, 15) is 0 Å². The lowest BCUT2D eigenvalue weighted by atomic mass is 10.2. The van der Waals surface area contributed by atoms with Gasteiger partial charge in [0.2, 0.25) is 5.88 Å². The molecule has 0 unspecified atom stereocenters. The highest BCUT2D eigenvalue weighted by Gasteiger charge is 2.09. The molecule has 0 aliphatic rings. The molecule has 16 heavy (non-hydrogen) atoms. The van der Waals surface area contributed by atoms with Gasteiger partial charge >= 0.3 is 0 Å². The van der Waals surface area contributed by atoms with Crippen molar-refractivity contribution in [3.05, 3.63) is 12.4 Å². The molecule has 0 fully saturated rings. The number of ether oxygens (including phenoxy) is 2. The molecule has 0 aliphatic carbocycles. The average molecular weight is 226 g/mol. The van der Waals surface area contributed by atoms with Gasteiger partial charge in [-0.1, -0.05) is 0 Å². The van der Waals surface area contributed by atoms with E-state index in [-0.39, 0.29) is 5.60 Å². The maximum absolute atomic E-state index is 5.50. The Labute approximate surface area is 95.1 Å². The molecule has 1 aromatic rings. The first kappa shape index (κ1) is 12.7. The summed E-state index contributed by atoms with van der Waals surface area (Å²) in [6.45, 7) is 6.94. The Morgan fingerprint density at radius 3 is 2.69 bits per heavy atom. The molecule has 0 amide bonds. The van der Waals surface area contributed by atoms with Gasteiger partial charge in [0.15, 0.2) is 0 Å². The van der Waals surface area contributed by atoms with Gasteiger partial charge in [0.05, 0.1) is 12.2 Å². The zero-order valence-corrected chi connectivity index (χ0v) is 9.86. The Bertz CT molecular complexity index is 325. The second-order valence-corrected chi connectivity index (χ2v) is 4.20. The van der Waals surface area contributed by atoms with E-state index in [4.69, 9.17) is 15.3 Å². The molecule has 0 saturated heterocycles. The molecular weight excluding hydrogens is 208 g/mol. The number of aromatic nitrogens is 2. The number of nitrogens with zero attached hydrogens (tertiary/aromatic N) is 2. The van der Waals surface area contributed by atoms with Crippen molar-refractivity contribution in [1.82, 2.24) is 9.97 Å². The first-order valence-corrected chi connectivity index (χ1v) is 5.07. The molecule has 0 radical (unpaired) electrons. The number of nitrogens with two attached hydrogens (primary N) is 1. The van der Waals surface area contributed by atoms with Crippen LogP contribution in [0.1, 0.15) is 20.8 Å². The van der Waals surface area contributed by atoms with E-state index in [0.717, 1.165) is 0 Å². The predicted octanol–water partition coefficient (Wildman–Crippen LogP) is 0.956. The Hall–Kier alpha value is -1.40. The van der Waals surface area contributed by atoms with Crippen LogP contribution in [0, 0.1) is 0 Å². The van der Waals surface area contributed by atoms with Crippen LogP contribution in [0.25, 0.3) is 0 Å². The van der Waals surface area contributed by atoms with Crippen LogP contribution in [0.15, 0.2) is 12.4 Å². The van der Waals surface area contributed by atoms with Crippen molar-refractivity contribution in [2.75, 3.05) is 18.6 Å². The molecule has 1 aromatic heterocycles. The van der Waals surface area contributed by atoms with Crippen molar-refractivity contribution in [3.63, 3.8) is 0 Å². The molecule has 6 heteroatoms. The van der Waals surface area contributed by atoms with Gasteiger partial charge in [0.25, 0.3) is 0 Å². The van der Waals surface area contributed by atoms with Gasteiger partial charge in [-0.05, 0) is 20.8 Å². The number of hydrazine groups is 1. The van der Waals surface area contributed by atoms with Crippen molar-refractivity contribution < 1.29 is 9.47 Å². The number of nitrogen functional groups attached to an aromatic ring is 1. The zero-order chi connectivity index (χ0) is 12.0. The fourth-order valence-electron chi connectivity index (χ4n) is 0.991. The molecule has 6 nitrogen and oxygen atoms in total. The molecule has 1 heterocycles. The fourth-order valence-corrected chi connectivity index (χ4v) is 0.991. The SMILES string of the molecule is CC(C)(C)OCCOc1cc(NN)ncn1. The molecule has 0 spiro atoms. The lowest BCUT2D eigenvalue weighted by Crippen LogP contribution is -2.22. The minimum atomic E-state index is -0.154. The van der Waals surface area contributed by atoms with Crippen LogP contribution >= 0.6 is 0 Å². The third kappa shape index (κ3) is 4.90. The van der Waals surface area contributed by atoms with E-state index >= 15 is 0 Å². The summed E-state index contributed by atoms with van der Waals surface area (Å²) in [5.41, 5.74) is 2.27. The lowest BCUT2D eigenvalue weighted by molar-refractivity contribution is -0.0168. The topological polar surface area (TPSA) is 82.3 Å². The molecule has 0 aliphatic heterocycles. The van der Waals surface area contributed by atoms with Gasteiger partial charge < -0.3 is 14.9 Å². The Kier molecular flexibility index (Phi) is 4.45. The van der Waals surface area contributed by atoms with Gasteiger partial charge in [0.1, 0.15) is 18.8 Å². The Morgan fingerprint density at radius 1 is 1.31 bits per heavy atom. The third-order valence-corrected chi connectivity index (χ3v) is 1.66. The summed E-state index contributed by atoms with van der Waals surface area (Å²) in [7, 11) is 0. The first-order chi connectivity index (χ1) is 7.51. The fraction of sp³-hybridized carbons (Fsp3) is 0.600. The van der Waals surface area contributed by atoms with Crippen LogP contribution in [-0.2, 0) is 4.74 Å². The highest BCUT2D eigenvalue weighted by atomic mass is 16.5. The van der Waals surface area contributed by atoms with Crippen LogP contribution in [-0.4, -0.2) is 28.8 Å². The first-order valence-electron chi connectivity index (χ1n) is 5.07. The van der Waals surface area contributed by atoms with Crippen molar-refractivity contribution in [2.24, 2.45) is 5.84 Å². The maximum Gasteiger partial charge on any atom is 0.218 e. The number of rotatable bonds is 5. The van der Waals surface area contributed by atoms with Gasteiger partial charge in [0, 0.05) is 6.07 Å². The molecule has 3 N–H and O–H groups in total. The number of hydrogen-bond donors (Lipinski definition) is 2. The second kappa shape index (κ2) is 5.62. The standard InChI is InChI=1S/C10H18N4O2/c1-10(2,3)16-5-4-15-9-6-8(14-11)12-7-13-9/h6-7H,4-5,11H2,1-3H3,(H,12,13,14). The largest absolute Gasteiger partial charge is 0.475 e. The van der Waals surface area contributed by atoms with E-state index in [2.05, 4.69) is 15.4 Å². The van der Waals surface area contributed by atoms with E-state index in [0.29, 0.717) is 24.9 Å². The summed E-state index contributed by atoms with van der Waals surface area (Å²) < 4.78 is 10.9. The van der Waals surface area contributed by atoms with E-state index in [1.807, 2.05) is 20.8 Å². The highest BCUT2D eigenvalue weighted by molar-refractivity contribution is 5.35. The van der Waals surface area contributed by atoms with Gasteiger partial charge in [-0.25, -0.2) is 15.8 Å². The summed E-state index contributed by atoms with van der Waals surface area (Å²) >= 11 is 0. The molecule has 0 saturated carbocycles. The molecule has 90 valence electrons. The quantitative estimate of drug-likeness (QED) is 0.442. The van der Waals surface area contributed by atoms with Crippen molar-refractivity contribution in [2.45, 2.75) is 26.4 Å². The predicted molar refractivity (Wildman–Crippen MR) is 61.0 cm³/mol.